The molecule has 0 bridgehead atoms. The molecule has 1 aliphatic rings. The standard InChI is InChI=1S/C31H36N4O6/c1-31(2,3)41-30(38)35-16-13-22(14-17-35)20-40-26-10-8-23(9-11-26)27-18-25(12-15-32-27)28(36)33-19-21-4-6-24(7-5-21)29(37)34-39/h4-12,15,18,22,39H,13-14,16-17,19-20H2,1-3H3,(H,33,36)(H,34,37). The highest BCUT2D eigenvalue weighted by atomic mass is 16.6. The summed E-state index contributed by atoms with van der Waals surface area (Å²) in [5.74, 6) is 0.272. The number of nitrogens with one attached hydrogen (secondary N) is 2. The van der Waals surface area contributed by atoms with Gasteiger partial charge in [0.05, 0.1) is 12.3 Å². The molecule has 3 N–H and O–H groups in total. The number of carbonyl (C=O) groups excluding carboxylic acids is 3. The van der Waals surface area contributed by atoms with Crippen LogP contribution in [0.25, 0.3) is 11.3 Å². The Labute approximate surface area is 239 Å². The molecule has 0 spiro atoms. The number of ether oxygens (including phenoxy) is 2. The van der Waals surface area contributed by atoms with Crippen LogP contribution >= 0.6 is 0 Å². The third kappa shape index (κ3) is 8.52. The Morgan fingerprint density at radius 3 is 2.27 bits per heavy atom. The monoisotopic (exact) mass is 560 g/mol. The van der Waals surface area contributed by atoms with Crippen LogP contribution < -0.4 is 15.5 Å². The molecule has 3 aromatic rings. The molecule has 0 saturated carbocycles. The molecule has 0 radical (unpaired) electrons. The number of hydrogen-bond acceptors (Lipinski definition) is 7. The fraction of sp³-hybridized carbons (Fsp3) is 0.355. The van der Waals surface area contributed by atoms with Crippen molar-refractivity contribution in [3.8, 4) is 17.0 Å². The molecular weight excluding hydrogens is 524 g/mol. The molecule has 10 heteroatoms. The number of rotatable bonds is 8. The number of hydrogen-bond donors (Lipinski definition) is 3. The molecule has 4 rings (SSSR count). The van der Waals surface area contributed by atoms with Gasteiger partial charge in [-0.25, -0.2) is 10.3 Å². The molecule has 1 fully saturated rings. The van der Waals surface area contributed by atoms with Crippen molar-refractivity contribution >= 4 is 17.9 Å². The molecule has 3 amide bonds. The number of amides is 3. The second-order valence-electron chi connectivity index (χ2n) is 11.0. The van der Waals surface area contributed by atoms with Gasteiger partial charge in [0.25, 0.3) is 11.8 Å². The average molecular weight is 561 g/mol. The second kappa shape index (κ2) is 13.3. The Balaban J connectivity index is 1.26. The minimum Gasteiger partial charge on any atom is -0.493 e. The lowest BCUT2D eigenvalue weighted by molar-refractivity contribution is 0.0164. The van der Waals surface area contributed by atoms with Crippen molar-refractivity contribution in [3.63, 3.8) is 0 Å². The molecule has 1 saturated heterocycles. The van der Waals surface area contributed by atoms with Gasteiger partial charge in [-0.1, -0.05) is 12.1 Å². The predicted molar refractivity (Wildman–Crippen MR) is 153 cm³/mol. The van der Waals surface area contributed by atoms with Gasteiger partial charge in [0, 0.05) is 42.5 Å². The number of aromatic nitrogens is 1. The maximum Gasteiger partial charge on any atom is 0.410 e. The van der Waals surface area contributed by atoms with E-state index in [2.05, 4.69) is 10.3 Å². The van der Waals surface area contributed by atoms with Gasteiger partial charge in [-0.2, -0.15) is 0 Å². The number of piperidine rings is 1. The van der Waals surface area contributed by atoms with Gasteiger partial charge in [0.2, 0.25) is 0 Å². The van der Waals surface area contributed by atoms with E-state index in [4.69, 9.17) is 14.7 Å². The van der Waals surface area contributed by atoms with E-state index in [1.807, 2.05) is 45.0 Å². The molecule has 0 aliphatic carbocycles. The molecule has 0 unspecified atom stereocenters. The Bertz CT molecular complexity index is 1340. The highest BCUT2D eigenvalue weighted by Crippen LogP contribution is 2.24. The van der Waals surface area contributed by atoms with Gasteiger partial charge >= 0.3 is 6.09 Å². The first-order chi connectivity index (χ1) is 19.6. The molecule has 41 heavy (non-hydrogen) atoms. The first-order valence-corrected chi connectivity index (χ1v) is 13.6. The molecule has 2 aromatic carbocycles. The number of nitrogens with zero attached hydrogens (tertiary/aromatic N) is 2. The van der Waals surface area contributed by atoms with Gasteiger partial charge in [-0.05, 0) is 93.6 Å². The highest BCUT2D eigenvalue weighted by Gasteiger charge is 2.27. The lowest BCUT2D eigenvalue weighted by atomic mass is 9.98. The lowest BCUT2D eigenvalue weighted by Crippen LogP contribution is -2.42. The van der Waals surface area contributed by atoms with E-state index in [0.717, 1.165) is 29.7 Å². The maximum absolute atomic E-state index is 12.7. The molecule has 10 nitrogen and oxygen atoms in total. The van der Waals surface area contributed by atoms with Crippen LogP contribution in [0.2, 0.25) is 0 Å². The SMILES string of the molecule is CC(C)(C)OC(=O)N1CCC(COc2ccc(-c3cc(C(=O)NCc4ccc(C(=O)NO)cc4)ccn3)cc2)CC1. The van der Waals surface area contributed by atoms with E-state index < -0.39 is 11.5 Å². The predicted octanol–water partition coefficient (Wildman–Crippen LogP) is 4.82. The van der Waals surface area contributed by atoms with E-state index in [-0.39, 0.29) is 18.5 Å². The van der Waals surface area contributed by atoms with E-state index in [1.54, 1.807) is 53.0 Å². The lowest BCUT2D eigenvalue weighted by Gasteiger charge is -2.33. The molecule has 216 valence electrons. The number of pyridine rings is 1. The summed E-state index contributed by atoms with van der Waals surface area (Å²) >= 11 is 0. The van der Waals surface area contributed by atoms with Crippen LogP contribution in [0.3, 0.4) is 0 Å². The largest absolute Gasteiger partial charge is 0.493 e. The van der Waals surface area contributed by atoms with Crippen LogP contribution in [0.1, 0.15) is 59.9 Å². The van der Waals surface area contributed by atoms with Crippen LogP contribution in [0.4, 0.5) is 4.79 Å². The van der Waals surface area contributed by atoms with Gasteiger partial charge in [-0.15, -0.1) is 0 Å². The van der Waals surface area contributed by atoms with Crippen LogP contribution in [0.5, 0.6) is 5.75 Å². The van der Waals surface area contributed by atoms with Crippen molar-refractivity contribution in [1.82, 2.24) is 20.7 Å². The zero-order valence-electron chi connectivity index (χ0n) is 23.6. The highest BCUT2D eigenvalue weighted by molar-refractivity contribution is 5.95. The molecular formula is C31H36N4O6. The normalized spacial score (nSPS) is 13.8. The number of carbonyl (C=O) groups is 3. The van der Waals surface area contributed by atoms with E-state index in [1.165, 1.54) is 0 Å². The molecule has 0 atom stereocenters. The summed E-state index contributed by atoms with van der Waals surface area (Å²) in [6.45, 7) is 7.79. The number of likely N-dealkylation sites (tertiary alicyclic amines) is 1. The summed E-state index contributed by atoms with van der Waals surface area (Å²) in [5, 5.41) is 11.6. The van der Waals surface area contributed by atoms with Gasteiger partial charge < -0.3 is 19.7 Å². The van der Waals surface area contributed by atoms with Crippen molar-refractivity contribution in [3.05, 3.63) is 83.6 Å². The minimum absolute atomic E-state index is 0.247. The van der Waals surface area contributed by atoms with E-state index in [0.29, 0.717) is 42.4 Å². The maximum atomic E-state index is 12.7. The fourth-order valence-corrected chi connectivity index (χ4v) is 4.40. The Morgan fingerprint density at radius 2 is 1.63 bits per heavy atom. The van der Waals surface area contributed by atoms with Crippen LogP contribution in [0, 0.1) is 5.92 Å². The topological polar surface area (TPSA) is 130 Å². The zero-order chi connectivity index (χ0) is 29.4. The van der Waals surface area contributed by atoms with E-state index >= 15 is 0 Å². The van der Waals surface area contributed by atoms with Crippen LogP contribution in [-0.2, 0) is 11.3 Å². The molecule has 1 aromatic heterocycles. The Hall–Kier alpha value is -4.44. The average Bonchev–Trinajstić information content (AvgIpc) is 2.98. The first kappa shape index (κ1) is 29.5. The third-order valence-corrected chi connectivity index (χ3v) is 6.69. The van der Waals surface area contributed by atoms with Gasteiger partial charge in [-0.3, -0.25) is 19.8 Å². The zero-order valence-corrected chi connectivity index (χ0v) is 23.6. The summed E-state index contributed by atoms with van der Waals surface area (Å²) < 4.78 is 11.5. The number of hydroxylamine groups is 1. The smallest absolute Gasteiger partial charge is 0.410 e. The quantitative estimate of drug-likeness (QED) is 0.266. The van der Waals surface area contributed by atoms with Crippen LogP contribution in [-0.4, -0.2) is 58.3 Å². The molecule has 2 heterocycles. The summed E-state index contributed by atoms with van der Waals surface area (Å²) in [7, 11) is 0. The second-order valence-corrected chi connectivity index (χ2v) is 11.0. The third-order valence-electron chi connectivity index (χ3n) is 6.69. The number of benzene rings is 2. The van der Waals surface area contributed by atoms with Crippen molar-refractivity contribution in [1.29, 1.82) is 0 Å². The fourth-order valence-electron chi connectivity index (χ4n) is 4.40. The minimum atomic E-state index is -0.595. The Kier molecular flexibility index (Phi) is 9.57. The van der Waals surface area contributed by atoms with Crippen molar-refractivity contribution in [2.24, 2.45) is 5.92 Å². The summed E-state index contributed by atoms with van der Waals surface area (Å²) in [4.78, 5) is 42.6. The van der Waals surface area contributed by atoms with Gasteiger partial charge in [0.1, 0.15) is 11.4 Å². The summed E-state index contributed by atoms with van der Waals surface area (Å²) in [6.07, 6.45) is 3.06. The van der Waals surface area contributed by atoms with Crippen LogP contribution in [0.15, 0.2) is 66.9 Å². The van der Waals surface area contributed by atoms with Crippen molar-refractivity contribution < 1.29 is 29.1 Å². The van der Waals surface area contributed by atoms with Gasteiger partial charge in [0.15, 0.2) is 0 Å². The Morgan fingerprint density at radius 1 is 0.951 bits per heavy atom. The summed E-state index contributed by atoms with van der Waals surface area (Å²) in [5.41, 5.74) is 4.22. The summed E-state index contributed by atoms with van der Waals surface area (Å²) in [6, 6.07) is 17.5. The van der Waals surface area contributed by atoms with E-state index in [9.17, 15) is 14.4 Å². The van der Waals surface area contributed by atoms with Crippen molar-refractivity contribution in [2.45, 2.75) is 45.8 Å². The molecule has 1 aliphatic heterocycles. The van der Waals surface area contributed by atoms with Crippen molar-refractivity contribution in [2.75, 3.05) is 19.7 Å². The first-order valence-electron chi connectivity index (χ1n) is 13.6.